The van der Waals surface area contributed by atoms with Gasteiger partial charge < -0.3 is 19.3 Å². The Balaban J connectivity index is 0.00000400. The van der Waals surface area contributed by atoms with E-state index in [1.54, 1.807) is 7.11 Å². The maximum atomic E-state index is 13.3. The van der Waals surface area contributed by atoms with Crippen molar-refractivity contribution in [2.45, 2.75) is 64.8 Å². The average Bonchev–Trinajstić information content (AvgIpc) is 2.92. The number of benzene rings is 2. The molecule has 1 amide bonds. The lowest BCUT2D eigenvalue weighted by molar-refractivity contribution is 0.0751. The number of amides is 1. The van der Waals surface area contributed by atoms with Crippen molar-refractivity contribution in [1.29, 1.82) is 0 Å². The van der Waals surface area contributed by atoms with Crippen LogP contribution in [-0.2, 0) is 0 Å². The second kappa shape index (κ2) is 14.0. The maximum Gasteiger partial charge on any atom is 0.253 e. The van der Waals surface area contributed by atoms with Crippen molar-refractivity contribution in [3.8, 4) is 11.5 Å². The van der Waals surface area contributed by atoms with E-state index in [0.717, 1.165) is 92.2 Å². The highest BCUT2D eigenvalue weighted by atomic mass is 35.5. The molecule has 6 nitrogen and oxygen atoms in total. The minimum atomic E-state index is 0. The maximum absolute atomic E-state index is 13.3. The number of hydrogen-bond donors (Lipinski definition) is 0. The molecule has 2 aromatic carbocycles. The summed E-state index contributed by atoms with van der Waals surface area (Å²) in [5.74, 6) is 1.97. The van der Waals surface area contributed by atoms with Gasteiger partial charge in [0.05, 0.1) is 25.5 Å². The van der Waals surface area contributed by atoms with Gasteiger partial charge in [-0.05, 0) is 69.6 Å². The highest BCUT2D eigenvalue weighted by Gasteiger charge is 2.36. The molecule has 7 heteroatoms. The molecule has 2 atom stereocenters. The molecule has 2 heterocycles. The van der Waals surface area contributed by atoms with Crippen LogP contribution in [0.2, 0.25) is 0 Å². The van der Waals surface area contributed by atoms with Crippen LogP contribution in [0.5, 0.6) is 11.5 Å². The fourth-order valence-electron chi connectivity index (χ4n) is 5.51. The third-order valence-electron chi connectivity index (χ3n) is 7.62. The van der Waals surface area contributed by atoms with Gasteiger partial charge in [0.15, 0.2) is 11.5 Å². The van der Waals surface area contributed by atoms with Crippen LogP contribution in [0, 0.1) is 0 Å². The SMILES string of the molecule is CCCCN(CCCC)C(=O)c1ccc(C2=N[C@@H]3CCN(C)C[C@@H]3c3cc(OCC)c(OC)cc32)cc1.Cl. The van der Waals surface area contributed by atoms with Crippen molar-refractivity contribution in [2.24, 2.45) is 4.99 Å². The van der Waals surface area contributed by atoms with Gasteiger partial charge in [-0.1, -0.05) is 38.8 Å². The van der Waals surface area contributed by atoms with E-state index in [-0.39, 0.29) is 24.4 Å². The van der Waals surface area contributed by atoms with Crippen LogP contribution in [0.1, 0.15) is 85.8 Å². The fraction of sp³-hybridized carbons (Fsp3) is 0.548. The van der Waals surface area contributed by atoms with Gasteiger partial charge in [0, 0.05) is 42.2 Å². The standard InChI is InChI=1S/C31H43N3O3.ClH/c1-6-9-16-34(17-10-7-2)31(35)23-13-11-22(12-14-23)30-25-20-28(36-5)29(37-8-3)19-24(25)26-21-33(4)18-15-27(26)32-30;/h11-14,19-20,26-27H,6-10,15-18,21H2,1-5H3;1H/t26-,27-;/m1./s1. The summed E-state index contributed by atoms with van der Waals surface area (Å²) in [6.45, 7) is 10.6. The number of ether oxygens (including phenoxy) is 2. The molecule has 0 aromatic heterocycles. The van der Waals surface area contributed by atoms with Gasteiger partial charge in [-0.25, -0.2) is 0 Å². The second-order valence-electron chi connectivity index (χ2n) is 10.3. The Morgan fingerprint density at radius 1 is 1.05 bits per heavy atom. The molecular weight excluding hydrogens is 498 g/mol. The van der Waals surface area contributed by atoms with Crippen molar-refractivity contribution >= 4 is 24.0 Å². The molecule has 0 bridgehead atoms. The Bertz CT molecular complexity index is 1090. The number of likely N-dealkylation sites (N-methyl/N-ethyl adjacent to an activating group) is 1. The first-order valence-corrected chi connectivity index (χ1v) is 14.0. The van der Waals surface area contributed by atoms with Crippen LogP contribution in [-0.4, -0.2) is 74.4 Å². The van der Waals surface area contributed by atoms with Crippen LogP contribution >= 0.6 is 12.4 Å². The van der Waals surface area contributed by atoms with Gasteiger partial charge in [-0.2, -0.15) is 0 Å². The molecule has 2 aliphatic heterocycles. The Morgan fingerprint density at radius 2 is 1.74 bits per heavy atom. The number of hydrogen-bond acceptors (Lipinski definition) is 5. The number of fused-ring (bicyclic) bond motifs is 3. The summed E-state index contributed by atoms with van der Waals surface area (Å²) in [4.78, 5) is 23.0. The fourth-order valence-corrected chi connectivity index (χ4v) is 5.51. The number of carbonyl (C=O) groups is 1. The van der Waals surface area contributed by atoms with E-state index in [9.17, 15) is 4.79 Å². The summed E-state index contributed by atoms with van der Waals surface area (Å²) in [5, 5.41) is 0. The summed E-state index contributed by atoms with van der Waals surface area (Å²) in [6.07, 6.45) is 5.26. The number of piperidine rings is 1. The lowest BCUT2D eigenvalue weighted by Gasteiger charge is -2.39. The first-order chi connectivity index (χ1) is 18.0. The Hall–Kier alpha value is -2.57. The third kappa shape index (κ3) is 6.52. The van der Waals surface area contributed by atoms with Crippen molar-refractivity contribution in [1.82, 2.24) is 9.80 Å². The molecule has 4 rings (SSSR count). The predicted molar refractivity (Wildman–Crippen MR) is 158 cm³/mol. The van der Waals surface area contributed by atoms with Crippen LogP contribution in [0.3, 0.4) is 0 Å². The number of likely N-dealkylation sites (tertiary alicyclic amines) is 1. The molecule has 0 aliphatic carbocycles. The molecule has 0 N–H and O–H groups in total. The molecular formula is C31H44ClN3O3. The lowest BCUT2D eigenvalue weighted by atomic mass is 9.79. The summed E-state index contributed by atoms with van der Waals surface area (Å²) >= 11 is 0. The molecule has 0 saturated carbocycles. The Labute approximate surface area is 234 Å². The summed E-state index contributed by atoms with van der Waals surface area (Å²) < 4.78 is 11.6. The number of carbonyl (C=O) groups excluding carboxylic acids is 1. The first kappa shape index (κ1) is 30.0. The van der Waals surface area contributed by atoms with Crippen LogP contribution in [0.4, 0.5) is 0 Å². The smallest absolute Gasteiger partial charge is 0.253 e. The number of halogens is 1. The number of methoxy groups -OCH3 is 1. The topological polar surface area (TPSA) is 54.4 Å². The minimum Gasteiger partial charge on any atom is -0.493 e. The van der Waals surface area contributed by atoms with Crippen LogP contribution < -0.4 is 9.47 Å². The number of aliphatic imine (C=N–C) groups is 1. The zero-order valence-electron chi connectivity index (χ0n) is 23.7. The number of nitrogens with zero attached hydrogens (tertiary/aromatic N) is 3. The van der Waals surface area contributed by atoms with E-state index in [1.807, 2.05) is 24.0 Å². The second-order valence-corrected chi connectivity index (χ2v) is 10.3. The van der Waals surface area contributed by atoms with Crippen LogP contribution in [0.25, 0.3) is 0 Å². The van der Waals surface area contributed by atoms with Gasteiger partial charge in [0.1, 0.15) is 0 Å². The third-order valence-corrected chi connectivity index (χ3v) is 7.62. The first-order valence-electron chi connectivity index (χ1n) is 14.0. The van der Waals surface area contributed by atoms with E-state index in [4.69, 9.17) is 14.5 Å². The van der Waals surface area contributed by atoms with Crippen molar-refractivity contribution in [2.75, 3.05) is 46.9 Å². The average molecular weight is 542 g/mol. The van der Waals surface area contributed by atoms with Gasteiger partial charge >= 0.3 is 0 Å². The molecule has 0 radical (unpaired) electrons. The molecule has 208 valence electrons. The zero-order chi connectivity index (χ0) is 26.4. The van der Waals surface area contributed by atoms with E-state index >= 15 is 0 Å². The summed E-state index contributed by atoms with van der Waals surface area (Å²) in [6, 6.07) is 12.5. The van der Waals surface area contributed by atoms with E-state index in [0.29, 0.717) is 12.5 Å². The molecule has 2 aliphatic rings. The van der Waals surface area contributed by atoms with Gasteiger partial charge in [0.25, 0.3) is 5.91 Å². The summed E-state index contributed by atoms with van der Waals surface area (Å²) in [7, 11) is 3.87. The lowest BCUT2D eigenvalue weighted by Crippen LogP contribution is -2.41. The molecule has 0 unspecified atom stereocenters. The molecule has 38 heavy (non-hydrogen) atoms. The van der Waals surface area contributed by atoms with E-state index in [2.05, 4.69) is 50.1 Å². The largest absolute Gasteiger partial charge is 0.493 e. The molecule has 1 saturated heterocycles. The highest BCUT2D eigenvalue weighted by molar-refractivity contribution is 6.15. The number of rotatable bonds is 11. The van der Waals surface area contributed by atoms with Gasteiger partial charge in [0.2, 0.25) is 0 Å². The zero-order valence-corrected chi connectivity index (χ0v) is 24.5. The molecule has 0 spiro atoms. The normalized spacial score (nSPS) is 18.5. The van der Waals surface area contributed by atoms with E-state index in [1.165, 1.54) is 5.56 Å². The quantitative estimate of drug-likeness (QED) is 0.340. The van der Waals surface area contributed by atoms with Crippen molar-refractivity contribution in [3.05, 3.63) is 58.7 Å². The summed E-state index contributed by atoms with van der Waals surface area (Å²) in [5.41, 5.74) is 5.14. The van der Waals surface area contributed by atoms with Crippen molar-refractivity contribution in [3.63, 3.8) is 0 Å². The number of unbranched alkanes of at least 4 members (excludes halogenated alkanes) is 2. The predicted octanol–water partition coefficient (Wildman–Crippen LogP) is 6.20. The molecule has 1 fully saturated rings. The minimum absolute atomic E-state index is 0. The molecule has 2 aromatic rings. The van der Waals surface area contributed by atoms with Gasteiger partial charge in [-0.15, -0.1) is 12.4 Å². The Morgan fingerprint density at radius 3 is 2.34 bits per heavy atom. The van der Waals surface area contributed by atoms with Gasteiger partial charge in [-0.3, -0.25) is 9.79 Å². The highest BCUT2D eigenvalue weighted by Crippen LogP contribution is 2.42. The van der Waals surface area contributed by atoms with Crippen LogP contribution in [0.15, 0.2) is 41.4 Å². The van der Waals surface area contributed by atoms with E-state index < -0.39 is 0 Å². The monoisotopic (exact) mass is 541 g/mol. The Kier molecular flexibility index (Phi) is 11.0. The van der Waals surface area contributed by atoms with Crippen molar-refractivity contribution < 1.29 is 14.3 Å².